The molecule has 4 heteroatoms. The lowest BCUT2D eigenvalue weighted by molar-refractivity contribution is -0.135. The Morgan fingerprint density at radius 1 is 1.21 bits per heavy atom. The molecule has 0 aliphatic carbocycles. The number of rotatable bonds is 6. The van der Waals surface area contributed by atoms with Crippen LogP contribution in [0.2, 0.25) is 0 Å². The molecular formula is C15H21NO3. The van der Waals surface area contributed by atoms with Gasteiger partial charge in [-0.2, -0.15) is 0 Å². The molecule has 1 aromatic carbocycles. The van der Waals surface area contributed by atoms with Crippen molar-refractivity contribution in [2.24, 2.45) is 0 Å². The normalized spacial score (nSPS) is 15.5. The number of morpholine rings is 1. The molecule has 0 saturated carbocycles. The van der Waals surface area contributed by atoms with Crippen molar-refractivity contribution in [3.63, 3.8) is 0 Å². The smallest absolute Gasteiger partial charge is 0.222 e. The third kappa shape index (κ3) is 5.01. The van der Waals surface area contributed by atoms with E-state index in [1.807, 2.05) is 35.2 Å². The number of nitrogens with zero attached hydrogens (tertiary/aromatic N) is 1. The molecule has 1 aliphatic heterocycles. The first-order valence-electron chi connectivity index (χ1n) is 6.83. The largest absolute Gasteiger partial charge is 0.378 e. The number of hydrogen-bond acceptors (Lipinski definition) is 3. The van der Waals surface area contributed by atoms with E-state index in [-0.39, 0.29) is 5.91 Å². The summed E-state index contributed by atoms with van der Waals surface area (Å²) < 4.78 is 10.8. The average molecular weight is 263 g/mol. The van der Waals surface area contributed by atoms with Crippen LogP contribution in [0.3, 0.4) is 0 Å². The summed E-state index contributed by atoms with van der Waals surface area (Å²) in [5.41, 5.74) is 1.17. The molecule has 0 aromatic heterocycles. The van der Waals surface area contributed by atoms with Gasteiger partial charge in [-0.15, -0.1) is 0 Å². The molecule has 19 heavy (non-hydrogen) atoms. The molecule has 1 heterocycles. The molecule has 104 valence electrons. The molecule has 1 aromatic rings. The van der Waals surface area contributed by atoms with Crippen molar-refractivity contribution < 1.29 is 14.3 Å². The second kappa shape index (κ2) is 7.92. The van der Waals surface area contributed by atoms with E-state index >= 15 is 0 Å². The van der Waals surface area contributed by atoms with Crippen LogP contribution < -0.4 is 0 Å². The highest BCUT2D eigenvalue weighted by Gasteiger charge is 2.15. The molecule has 0 atom stereocenters. The summed E-state index contributed by atoms with van der Waals surface area (Å²) in [6.45, 7) is 4.03. The number of hydrogen-bond donors (Lipinski definition) is 0. The Morgan fingerprint density at radius 3 is 2.68 bits per heavy atom. The van der Waals surface area contributed by atoms with E-state index in [9.17, 15) is 4.79 Å². The minimum Gasteiger partial charge on any atom is -0.378 e. The summed E-state index contributed by atoms with van der Waals surface area (Å²) in [4.78, 5) is 13.7. The lowest BCUT2D eigenvalue weighted by Gasteiger charge is -2.26. The highest BCUT2D eigenvalue weighted by molar-refractivity contribution is 5.76. The predicted octanol–water partition coefficient (Wildman–Crippen LogP) is 1.84. The van der Waals surface area contributed by atoms with Gasteiger partial charge in [-0.25, -0.2) is 0 Å². The lowest BCUT2D eigenvalue weighted by atomic mass is 10.2. The molecule has 1 fully saturated rings. The first-order chi connectivity index (χ1) is 9.36. The molecule has 2 rings (SSSR count). The highest BCUT2D eigenvalue weighted by atomic mass is 16.5. The minimum atomic E-state index is 0.214. The lowest BCUT2D eigenvalue weighted by Crippen LogP contribution is -2.40. The molecule has 1 amide bonds. The van der Waals surface area contributed by atoms with Crippen LogP contribution in [0.1, 0.15) is 18.4 Å². The van der Waals surface area contributed by atoms with Crippen molar-refractivity contribution >= 4 is 5.91 Å². The Hall–Kier alpha value is -1.39. The summed E-state index contributed by atoms with van der Waals surface area (Å²) in [6.07, 6.45) is 1.35. The summed E-state index contributed by atoms with van der Waals surface area (Å²) in [5.74, 6) is 0.214. The van der Waals surface area contributed by atoms with Gasteiger partial charge in [0.15, 0.2) is 0 Å². The van der Waals surface area contributed by atoms with Gasteiger partial charge in [0.05, 0.1) is 19.8 Å². The molecule has 0 unspecified atom stereocenters. The highest BCUT2D eigenvalue weighted by Crippen LogP contribution is 2.04. The van der Waals surface area contributed by atoms with E-state index in [0.29, 0.717) is 32.8 Å². The van der Waals surface area contributed by atoms with Gasteiger partial charge in [0, 0.05) is 26.1 Å². The van der Waals surface area contributed by atoms with Crippen molar-refractivity contribution in [3.8, 4) is 0 Å². The van der Waals surface area contributed by atoms with E-state index in [1.54, 1.807) is 0 Å². The Kier molecular flexibility index (Phi) is 5.85. The van der Waals surface area contributed by atoms with E-state index in [4.69, 9.17) is 9.47 Å². The fourth-order valence-corrected chi connectivity index (χ4v) is 2.06. The van der Waals surface area contributed by atoms with Crippen LogP contribution in [0.25, 0.3) is 0 Å². The number of ether oxygens (including phenoxy) is 2. The van der Waals surface area contributed by atoms with Gasteiger partial charge in [-0.3, -0.25) is 4.79 Å². The number of benzene rings is 1. The number of amides is 1. The van der Waals surface area contributed by atoms with Gasteiger partial charge in [-0.05, 0) is 12.0 Å². The van der Waals surface area contributed by atoms with Gasteiger partial charge in [0.2, 0.25) is 5.91 Å². The van der Waals surface area contributed by atoms with E-state index in [0.717, 1.165) is 19.5 Å². The second-order valence-corrected chi connectivity index (χ2v) is 4.63. The van der Waals surface area contributed by atoms with Gasteiger partial charge >= 0.3 is 0 Å². The average Bonchev–Trinajstić information content (AvgIpc) is 2.49. The fourth-order valence-electron chi connectivity index (χ4n) is 2.06. The molecule has 0 radical (unpaired) electrons. The first kappa shape index (κ1) is 14.0. The predicted molar refractivity (Wildman–Crippen MR) is 72.7 cm³/mol. The maximum absolute atomic E-state index is 11.8. The zero-order chi connectivity index (χ0) is 13.3. The maximum Gasteiger partial charge on any atom is 0.222 e. The summed E-state index contributed by atoms with van der Waals surface area (Å²) in [5, 5.41) is 0. The van der Waals surface area contributed by atoms with Crippen LogP contribution in [0, 0.1) is 0 Å². The topological polar surface area (TPSA) is 38.8 Å². The second-order valence-electron chi connectivity index (χ2n) is 4.63. The van der Waals surface area contributed by atoms with Crippen LogP contribution in [0.4, 0.5) is 0 Å². The minimum absolute atomic E-state index is 0.214. The first-order valence-corrected chi connectivity index (χ1v) is 6.83. The quantitative estimate of drug-likeness (QED) is 0.735. The third-order valence-corrected chi connectivity index (χ3v) is 3.15. The molecule has 0 spiro atoms. The van der Waals surface area contributed by atoms with E-state index in [2.05, 4.69) is 0 Å². The van der Waals surface area contributed by atoms with Crippen molar-refractivity contribution in [1.29, 1.82) is 0 Å². The monoisotopic (exact) mass is 263 g/mol. The standard InChI is InChI=1S/C15H21NO3/c17-15(16-8-11-18-12-9-16)7-4-10-19-13-14-5-2-1-3-6-14/h1-3,5-6H,4,7-13H2. The number of carbonyl (C=O) groups excluding carboxylic acids is 1. The van der Waals surface area contributed by atoms with Crippen LogP contribution in [0.15, 0.2) is 30.3 Å². The van der Waals surface area contributed by atoms with Gasteiger partial charge < -0.3 is 14.4 Å². The molecule has 1 saturated heterocycles. The van der Waals surface area contributed by atoms with Crippen molar-refractivity contribution in [2.45, 2.75) is 19.4 Å². The Morgan fingerprint density at radius 2 is 1.95 bits per heavy atom. The zero-order valence-electron chi connectivity index (χ0n) is 11.2. The molecule has 1 aliphatic rings. The molecule has 4 nitrogen and oxygen atoms in total. The van der Waals surface area contributed by atoms with Crippen molar-refractivity contribution in [3.05, 3.63) is 35.9 Å². The van der Waals surface area contributed by atoms with E-state index in [1.165, 1.54) is 5.56 Å². The van der Waals surface area contributed by atoms with Crippen molar-refractivity contribution in [1.82, 2.24) is 4.90 Å². The van der Waals surface area contributed by atoms with E-state index < -0.39 is 0 Å². The van der Waals surface area contributed by atoms with Crippen LogP contribution in [-0.2, 0) is 20.9 Å². The number of carbonyl (C=O) groups is 1. The molecular weight excluding hydrogens is 242 g/mol. The summed E-state index contributed by atoms with van der Waals surface area (Å²) in [6, 6.07) is 10.1. The van der Waals surface area contributed by atoms with Crippen LogP contribution >= 0.6 is 0 Å². The summed E-state index contributed by atoms with van der Waals surface area (Å²) >= 11 is 0. The van der Waals surface area contributed by atoms with Crippen LogP contribution in [-0.4, -0.2) is 43.7 Å². The fraction of sp³-hybridized carbons (Fsp3) is 0.533. The van der Waals surface area contributed by atoms with Gasteiger partial charge in [0.1, 0.15) is 0 Å². The molecule has 0 N–H and O–H groups in total. The maximum atomic E-state index is 11.8. The van der Waals surface area contributed by atoms with Gasteiger partial charge in [-0.1, -0.05) is 30.3 Å². The van der Waals surface area contributed by atoms with Crippen LogP contribution in [0.5, 0.6) is 0 Å². The zero-order valence-corrected chi connectivity index (χ0v) is 11.2. The Balaban J connectivity index is 1.55. The molecule has 0 bridgehead atoms. The van der Waals surface area contributed by atoms with Gasteiger partial charge in [0.25, 0.3) is 0 Å². The Labute approximate surface area is 114 Å². The Bertz CT molecular complexity index is 374. The SMILES string of the molecule is O=C(CCCOCc1ccccc1)N1CCOCC1. The van der Waals surface area contributed by atoms with Crippen molar-refractivity contribution in [2.75, 3.05) is 32.9 Å². The third-order valence-electron chi connectivity index (χ3n) is 3.15. The summed E-state index contributed by atoms with van der Waals surface area (Å²) in [7, 11) is 0.